The summed E-state index contributed by atoms with van der Waals surface area (Å²) < 4.78 is 0. The molecule has 1 amide bonds. The van der Waals surface area contributed by atoms with Crippen molar-refractivity contribution in [2.45, 2.75) is 57.8 Å². The molecule has 1 saturated heterocycles. The molecule has 0 aromatic heterocycles. The van der Waals surface area contributed by atoms with Gasteiger partial charge >= 0.3 is 0 Å². The van der Waals surface area contributed by atoms with Gasteiger partial charge in [-0.3, -0.25) is 4.79 Å². The number of carbonyl (C=O) groups is 1. The van der Waals surface area contributed by atoms with E-state index < -0.39 is 0 Å². The molecule has 0 atom stereocenters. The summed E-state index contributed by atoms with van der Waals surface area (Å²) in [6.45, 7) is 2.32. The molecule has 0 radical (unpaired) electrons. The summed E-state index contributed by atoms with van der Waals surface area (Å²) in [5, 5.41) is 3.10. The predicted molar refractivity (Wildman–Crippen MR) is 92.3 cm³/mol. The average molecular weight is 300 g/mol. The molecule has 3 heteroatoms. The first-order valence-corrected chi connectivity index (χ1v) is 8.99. The summed E-state index contributed by atoms with van der Waals surface area (Å²) in [4.78, 5) is 14.7. The van der Waals surface area contributed by atoms with E-state index >= 15 is 0 Å². The van der Waals surface area contributed by atoms with Crippen LogP contribution < -0.4 is 10.2 Å². The average Bonchev–Trinajstić information content (AvgIpc) is 2.86. The van der Waals surface area contributed by atoms with Crippen LogP contribution in [0.15, 0.2) is 24.3 Å². The first-order chi connectivity index (χ1) is 10.8. The third-order valence-corrected chi connectivity index (χ3v) is 5.08. The second-order valence-corrected chi connectivity index (χ2v) is 6.77. The fourth-order valence-electron chi connectivity index (χ4n) is 3.69. The van der Waals surface area contributed by atoms with Crippen LogP contribution in [0.25, 0.3) is 0 Å². The van der Waals surface area contributed by atoms with Gasteiger partial charge in [0.05, 0.1) is 0 Å². The summed E-state index contributed by atoms with van der Waals surface area (Å²) >= 11 is 0. The van der Waals surface area contributed by atoms with E-state index in [0.717, 1.165) is 31.6 Å². The molecule has 1 heterocycles. The van der Waals surface area contributed by atoms with E-state index in [1.165, 1.54) is 50.6 Å². The van der Waals surface area contributed by atoms with Crippen molar-refractivity contribution < 1.29 is 4.79 Å². The smallest absolute Gasteiger partial charge is 0.227 e. The van der Waals surface area contributed by atoms with Gasteiger partial charge in [-0.1, -0.05) is 32.1 Å². The molecule has 120 valence electrons. The largest absolute Gasteiger partial charge is 0.372 e. The van der Waals surface area contributed by atoms with Crippen LogP contribution in [0, 0.1) is 5.92 Å². The van der Waals surface area contributed by atoms with Gasteiger partial charge in [-0.05, 0) is 49.9 Å². The van der Waals surface area contributed by atoms with Crippen molar-refractivity contribution in [3.8, 4) is 0 Å². The molecule has 2 fully saturated rings. The molecule has 1 aliphatic heterocycles. The van der Waals surface area contributed by atoms with Crippen LogP contribution in [0.4, 0.5) is 11.4 Å². The lowest BCUT2D eigenvalue weighted by molar-refractivity contribution is -0.120. The molecule has 1 aromatic carbocycles. The third-order valence-electron chi connectivity index (χ3n) is 5.08. The molecule has 0 spiro atoms. The standard InChI is InChI=1S/C19H28N2O/c22-19(16-8-4-3-5-9-16)20-17-10-12-18(13-11-17)21-14-6-1-2-7-15-21/h10-13,16H,1-9,14-15H2,(H,20,22). The van der Waals surface area contributed by atoms with Crippen LogP contribution in [0.5, 0.6) is 0 Å². The molecule has 1 aliphatic carbocycles. The Balaban J connectivity index is 1.57. The molecule has 1 N–H and O–H groups in total. The number of anilines is 2. The molecule has 1 saturated carbocycles. The fourth-order valence-corrected chi connectivity index (χ4v) is 3.69. The maximum absolute atomic E-state index is 12.3. The van der Waals surface area contributed by atoms with E-state index in [9.17, 15) is 4.79 Å². The summed E-state index contributed by atoms with van der Waals surface area (Å²) in [5.41, 5.74) is 2.23. The van der Waals surface area contributed by atoms with Gasteiger partial charge in [-0.25, -0.2) is 0 Å². The molecular weight excluding hydrogens is 272 g/mol. The van der Waals surface area contributed by atoms with Crippen LogP contribution in [0.1, 0.15) is 57.8 Å². The quantitative estimate of drug-likeness (QED) is 0.885. The van der Waals surface area contributed by atoms with E-state index in [-0.39, 0.29) is 11.8 Å². The van der Waals surface area contributed by atoms with Crippen molar-refractivity contribution in [1.82, 2.24) is 0 Å². The lowest BCUT2D eigenvalue weighted by Gasteiger charge is -2.23. The second-order valence-electron chi connectivity index (χ2n) is 6.77. The van der Waals surface area contributed by atoms with Crippen LogP contribution in [0.3, 0.4) is 0 Å². The van der Waals surface area contributed by atoms with Crippen LogP contribution in [-0.4, -0.2) is 19.0 Å². The number of nitrogens with one attached hydrogen (secondary N) is 1. The molecule has 2 aliphatic rings. The minimum Gasteiger partial charge on any atom is -0.372 e. The van der Waals surface area contributed by atoms with Gasteiger partial charge < -0.3 is 10.2 Å². The van der Waals surface area contributed by atoms with Crippen LogP contribution in [-0.2, 0) is 4.79 Å². The maximum atomic E-state index is 12.3. The minimum absolute atomic E-state index is 0.210. The molecule has 3 nitrogen and oxygen atoms in total. The van der Waals surface area contributed by atoms with E-state index in [1.54, 1.807) is 0 Å². The monoisotopic (exact) mass is 300 g/mol. The highest BCUT2D eigenvalue weighted by molar-refractivity contribution is 5.92. The highest BCUT2D eigenvalue weighted by atomic mass is 16.1. The van der Waals surface area contributed by atoms with Gasteiger partial charge in [-0.2, -0.15) is 0 Å². The molecule has 1 aromatic rings. The van der Waals surface area contributed by atoms with Crippen molar-refractivity contribution in [3.05, 3.63) is 24.3 Å². The van der Waals surface area contributed by atoms with Gasteiger partial charge in [0.25, 0.3) is 0 Å². The summed E-state index contributed by atoms with van der Waals surface area (Å²) in [6.07, 6.45) is 11.1. The highest BCUT2D eigenvalue weighted by Crippen LogP contribution is 2.26. The first-order valence-electron chi connectivity index (χ1n) is 8.99. The Morgan fingerprint density at radius 1 is 0.864 bits per heavy atom. The molecule has 0 unspecified atom stereocenters. The molecule has 0 bridgehead atoms. The zero-order chi connectivity index (χ0) is 15.2. The Morgan fingerprint density at radius 3 is 2.09 bits per heavy atom. The van der Waals surface area contributed by atoms with Crippen molar-refractivity contribution in [1.29, 1.82) is 0 Å². The van der Waals surface area contributed by atoms with Gasteiger partial charge in [0.1, 0.15) is 0 Å². The Kier molecular flexibility index (Phi) is 5.36. The van der Waals surface area contributed by atoms with Gasteiger partial charge in [0, 0.05) is 30.4 Å². The Hall–Kier alpha value is -1.51. The highest BCUT2D eigenvalue weighted by Gasteiger charge is 2.21. The number of rotatable bonds is 3. The van der Waals surface area contributed by atoms with E-state index in [1.807, 2.05) is 0 Å². The van der Waals surface area contributed by atoms with Crippen molar-refractivity contribution in [2.75, 3.05) is 23.3 Å². The SMILES string of the molecule is O=C(Nc1ccc(N2CCCCCC2)cc1)C1CCCCC1. The first kappa shape index (κ1) is 15.4. The molecule has 22 heavy (non-hydrogen) atoms. The molecular formula is C19H28N2O. The zero-order valence-corrected chi connectivity index (χ0v) is 13.5. The summed E-state index contributed by atoms with van der Waals surface area (Å²) in [7, 11) is 0. The number of hydrogen-bond donors (Lipinski definition) is 1. The summed E-state index contributed by atoms with van der Waals surface area (Å²) in [5.74, 6) is 0.432. The predicted octanol–water partition coefficient (Wildman–Crippen LogP) is 4.59. The lowest BCUT2D eigenvalue weighted by Crippen LogP contribution is -2.25. The van der Waals surface area contributed by atoms with Gasteiger partial charge in [-0.15, -0.1) is 0 Å². The van der Waals surface area contributed by atoms with E-state index in [4.69, 9.17) is 0 Å². The van der Waals surface area contributed by atoms with Gasteiger partial charge in [0.2, 0.25) is 5.91 Å². The number of benzene rings is 1. The number of hydrogen-bond acceptors (Lipinski definition) is 2. The van der Waals surface area contributed by atoms with Crippen molar-refractivity contribution in [3.63, 3.8) is 0 Å². The number of amides is 1. The topological polar surface area (TPSA) is 32.3 Å². The Morgan fingerprint density at radius 2 is 1.45 bits per heavy atom. The minimum atomic E-state index is 0.210. The van der Waals surface area contributed by atoms with Crippen molar-refractivity contribution >= 4 is 17.3 Å². The Bertz CT molecular complexity index is 469. The lowest BCUT2D eigenvalue weighted by atomic mass is 9.88. The fraction of sp³-hybridized carbons (Fsp3) is 0.632. The van der Waals surface area contributed by atoms with Gasteiger partial charge in [0.15, 0.2) is 0 Å². The Labute approximate surface area is 134 Å². The van der Waals surface area contributed by atoms with E-state index in [2.05, 4.69) is 34.5 Å². The van der Waals surface area contributed by atoms with E-state index in [0.29, 0.717) is 0 Å². The zero-order valence-electron chi connectivity index (χ0n) is 13.5. The third kappa shape index (κ3) is 4.02. The van der Waals surface area contributed by atoms with Crippen molar-refractivity contribution in [2.24, 2.45) is 5.92 Å². The summed E-state index contributed by atoms with van der Waals surface area (Å²) in [6, 6.07) is 8.42. The number of nitrogens with zero attached hydrogens (tertiary/aromatic N) is 1. The second kappa shape index (κ2) is 7.66. The normalized spacial score (nSPS) is 20.5. The van der Waals surface area contributed by atoms with Crippen LogP contribution >= 0.6 is 0 Å². The molecule has 3 rings (SSSR count). The maximum Gasteiger partial charge on any atom is 0.227 e. The van der Waals surface area contributed by atoms with Crippen LogP contribution in [0.2, 0.25) is 0 Å². The number of carbonyl (C=O) groups excluding carboxylic acids is 1.